The first-order chi connectivity index (χ1) is 9.08. The number of hydrogen-bond donors (Lipinski definition) is 1. The lowest BCUT2D eigenvalue weighted by Crippen LogP contribution is -2.05. The van der Waals surface area contributed by atoms with Crippen molar-refractivity contribution in [3.05, 3.63) is 61.7 Å². The van der Waals surface area contributed by atoms with Gasteiger partial charge in [0, 0.05) is 17.8 Å². The molecule has 0 aliphatic carbocycles. The van der Waals surface area contributed by atoms with Crippen molar-refractivity contribution in [2.75, 3.05) is 5.32 Å². The summed E-state index contributed by atoms with van der Waals surface area (Å²) >= 11 is 8.93. The summed E-state index contributed by atoms with van der Waals surface area (Å²) in [6, 6.07) is 8.76. The highest BCUT2D eigenvalue weighted by Crippen LogP contribution is 2.30. The van der Waals surface area contributed by atoms with Crippen LogP contribution in [0.5, 0.6) is 0 Å². The van der Waals surface area contributed by atoms with Crippen LogP contribution in [0, 0.1) is 10.1 Å². The average molecular weight is 343 g/mol. The lowest BCUT2D eigenvalue weighted by atomic mass is 10.2. The minimum Gasteiger partial charge on any atom is -0.360 e. The van der Waals surface area contributed by atoms with Crippen molar-refractivity contribution < 1.29 is 4.92 Å². The van der Waals surface area contributed by atoms with Crippen LogP contribution in [-0.2, 0) is 6.54 Å². The summed E-state index contributed by atoms with van der Waals surface area (Å²) in [6.45, 7) is 0.432. The van der Waals surface area contributed by atoms with Crippen LogP contribution < -0.4 is 5.32 Å². The van der Waals surface area contributed by atoms with Crippen molar-refractivity contribution in [1.82, 2.24) is 4.98 Å². The van der Waals surface area contributed by atoms with E-state index in [4.69, 9.17) is 11.6 Å². The molecule has 2 aromatic rings. The molecule has 1 aromatic carbocycles. The summed E-state index contributed by atoms with van der Waals surface area (Å²) in [5.74, 6) is 0.231. The number of rotatable bonds is 4. The Morgan fingerprint density at radius 1 is 1.32 bits per heavy atom. The smallest absolute Gasteiger partial charge is 0.325 e. The Morgan fingerprint density at radius 3 is 2.63 bits per heavy atom. The summed E-state index contributed by atoms with van der Waals surface area (Å²) < 4.78 is 0.395. The zero-order chi connectivity index (χ0) is 13.8. The van der Waals surface area contributed by atoms with Crippen LogP contribution >= 0.6 is 27.5 Å². The van der Waals surface area contributed by atoms with Crippen molar-refractivity contribution in [2.24, 2.45) is 0 Å². The molecule has 0 atom stereocenters. The van der Waals surface area contributed by atoms with Crippen molar-refractivity contribution in [3.8, 4) is 0 Å². The largest absolute Gasteiger partial charge is 0.360 e. The number of anilines is 1. The molecule has 0 radical (unpaired) electrons. The highest BCUT2D eigenvalue weighted by atomic mass is 79.9. The first-order valence-electron chi connectivity index (χ1n) is 5.35. The topological polar surface area (TPSA) is 68.1 Å². The van der Waals surface area contributed by atoms with Crippen LogP contribution in [0.2, 0.25) is 5.02 Å². The minimum absolute atomic E-state index is 0.0727. The molecule has 0 unspecified atom stereocenters. The van der Waals surface area contributed by atoms with Crippen molar-refractivity contribution >= 4 is 39.0 Å². The molecule has 5 nitrogen and oxygen atoms in total. The van der Waals surface area contributed by atoms with Crippen LogP contribution in [0.4, 0.5) is 11.5 Å². The summed E-state index contributed by atoms with van der Waals surface area (Å²) in [5, 5.41) is 14.6. The van der Waals surface area contributed by atoms with Gasteiger partial charge in [0.2, 0.25) is 5.82 Å². The van der Waals surface area contributed by atoms with E-state index >= 15 is 0 Å². The molecule has 7 heteroatoms. The third kappa shape index (κ3) is 3.42. The fraction of sp³-hybridized carbons (Fsp3) is 0.0833. The Balaban J connectivity index is 2.18. The van der Waals surface area contributed by atoms with Crippen LogP contribution in [0.15, 0.2) is 41.0 Å². The molecule has 0 amide bonds. The van der Waals surface area contributed by atoms with Gasteiger partial charge in [-0.25, -0.2) is 4.98 Å². The van der Waals surface area contributed by atoms with Gasteiger partial charge in [0.1, 0.15) is 4.47 Å². The maximum atomic E-state index is 11.0. The Kier molecular flexibility index (Phi) is 4.34. The van der Waals surface area contributed by atoms with E-state index in [9.17, 15) is 10.1 Å². The first-order valence-corrected chi connectivity index (χ1v) is 6.52. The van der Waals surface area contributed by atoms with E-state index in [2.05, 4.69) is 26.2 Å². The van der Waals surface area contributed by atoms with Gasteiger partial charge in [0.25, 0.3) is 0 Å². The van der Waals surface area contributed by atoms with E-state index in [1.54, 1.807) is 12.1 Å². The molecule has 2 rings (SSSR count). The van der Waals surface area contributed by atoms with Gasteiger partial charge in [-0.2, -0.15) is 0 Å². The Labute approximate surface area is 122 Å². The average Bonchev–Trinajstić information content (AvgIpc) is 2.37. The molecular weight excluding hydrogens is 334 g/mol. The number of nitrogens with zero attached hydrogens (tertiary/aromatic N) is 2. The second kappa shape index (κ2) is 5.99. The lowest BCUT2D eigenvalue weighted by Gasteiger charge is -2.07. The second-order valence-electron chi connectivity index (χ2n) is 3.73. The van der Waals surface area contributed by atoms with Crippen molar-refractivity contribution in [2.45, 2.75) is 6.54 Å². The Morgan fingerprint density at radius 2 is 2.00 bits per heavy atom. The number of nitrogens with one attached hydrogen (secondary N) is 1. The Bertz CT molecular complexity index is 604. The lowest BCUT2D eigenvalue weighted by molar-refractivity contribution is -0.385. The van der Waals surface area contributed by atoms with Gasteiger partial charge in [-0.05, 0) is 39.7 Å². The molecule has 0 spiro atoms. The molecule has 98 valence electrons. The molecular formula is C12H9BrClN3O2. The molecule has 0 fully saturated rings. The van der Waals surface area contributed by atoms with Crippen LogP contribution in [0.25, 0.3) is 0 Å². The quantitative estimate of drug-likeness (QED) is 0.673. The molecule has 19 heavy (non-hydrogen) atoms. The van der Waals surface area contributed by atoms with Crippen LogP contribution in [0.1, 0.15) is 5.56 Å². The molecule has 0 saturated heterocycles. The van der Waals surface area contributed by atoms with E-state index in [0.717, 1.165) is 5.56 Å². The van der Waals surface area contributed by atoms with E-state index in [1.807, 2.05) is 12.1 Å². The van der Waals surface area contributed by atoms with Gasteiger partial charge in [0.15, 0.2) is 0 Å². The second-order valence-corrected chi connectivity index (χ2v) is 5.02. The van der Waals surface area contributed by atoms with Gasteiger partial charge >= 0.3 is 5.69 Å². The summed E-state index contributed by atoms with van der Waals surface area (Å²) in [4.78, 5) is 14.5. The molecule has 0 aliphatic rings. The van der Waals surface area contributed by atoms with Crippen LogP contribution in [0.3, 0.4) is 0 Å². The molecule has 1 aromatic heterocycles. The predicted octanol–water partition coefficient (Wildman–Crippen LogP) is 4.02. The molecule has 0 aliphatic heterocycles. The fourth-order valence-corrected chi connectivity index (χ4v) is 2.10. The van der Waals surface area contributed by atoms with E-state index in [0.29, 0.717) is 16.0 Å². The van der Waals surface area contributed by atoms with Gasteiger partial charge in [0.05, 0.1) is 4.92 Å². The highest BCUT2D eigenvalue weighted by molar-refractivity contribution is 9.10. The van der Waals surface area contributed by atoms with Gasteiger partial charge < -0.3 is 5.32 Å². The molecule has 1 N–H and O–H groups in total. The maximum absolute atomic E-state index is 11.0. The summed E-state index contributed by atoms with van der Waals surface area (Å²) in [7, 11) is 0. The first kappa shape index (κ1) is 13.8. The van der Waals surface area contributed by atoms with Gasteiger partial charge in [-0.3, -0.25) is 10.1 Å². The molecule has 1 heterocycles. The van der Waals surface area contributed by atoms with E-state index in [1.165, 1.54) is 12.3 Å². The maximum Gasteiger partial charge on any atom is 0.325 e. The van der Waals surface area contributed by atoms with Crippen molar-refractivity contribution in [1.29, 1.82) is 0 Å². The zero-order valence-electron chi connectivity index (χ0n) is 9.64. The third-order valence-corrected chi connectivity index (χ3v) is 3.32. The Hall–Kier alpha value is -1.66. The van der Waals surface area contributed by atoms with Gasteiger partial charge in [-0.15, -0.1) is 0 Å². The number of pyridine rings is 1. The van der Waals surface area contributed by atoms with Gasteiger partial charge in [-0.1, -0.05) is 23.7 Å². The highest BCUT2D eigenvalue weighted by Gasteiger charge is 2.19. The number of nitro groups is 1. The summed E-state index contributed by atoms with van der Waals surface area (Å²) in [6.07, 6.45) is 1.50. The number of aromatic nitrogens is 1. The van der Waals surface area contributed by atoms with E-state index in [-0.39, 0.29) is 11.5 Å². The fourth-order valence-electron chi connectivity index (χ4n) is 1.52. The van der Waals surface area contributed by atoms with Crippen molar-refractivity contribution in [3.63, 3.8) is 0 Å². The normalized spacial score (nSPS) is 10.2. The SMILES string of the molecule is O=[N+]([O-])c1c(Br)ccnc1NCc1ccc(Cl)cc1. The molecule has 0 saturated carbocycles. The third-order valence-electron chi connectivity index (χ3n) is 2.43. The van der Waals surface area contributed by atoms with Crippen LogP contribution in [-0.4, -0.2) is 9.91 Å². The molecule has 0 bridgehead atoms. The van der Waals surface area contributed by atoms with E-state index < -0.39 is 4.92 Å². The zero-order valence-corrected chi connectivity index (χ0v) is 12.0. The standard InChI is InChI=1S/C12H9BrClN3O2/c13-10-5-6-15-12(11(10)17(18)19)16-7-8-1-3-9(14)4-2-8/h1-6H,7H2,(H,15,16). The minimum atomic E-state index is -0.471. The summed E-state index contributed by atoms with van der Waals surface area (Å²) in [5.41, 5.74) is 0.886. The number of halogens is 2. The number of hydrogen-bond acceptors (Lipinski definition) is 4. The predicted molar refractivity (Wildman–Crippen MR) is 77.4 cm³/mol. The monoisotopic (exact) mass is 341 g/mol. The number of benzene rings is 1.